The van der Waals surface area contributed by atoms with E-state index in [9.17, 15) is 4.79 Å². The Hall–Kier alpha value is -3.68. The Kier molecular flexibility index (Phi) is 4.88. The molecule has 1 aliphatic carbocycles. The van der Waals surface area contributed by atoms with Crippen molar-refractivity contribution in [2.75, 3.05) is 5.32 Å². The third-order valence-electron chi connectivity index (χ3n) is 5.60. The van der Waals surface area contributed by atoms with E-state index >= 15 is 0 Å². The molecule has 8 nitrogen and oxygen atoms in total. The van der Waals surface area contributed by atoms with Gasteiger partial charge in [-0.1, -0.05) is 0 Å². The number of nitrogens with one attached hydrogen (secondary N) is 1. The standard InChI is InChI=1S/C22H21N7O/c30-21-8-7-19(15-2-1-10-23-12-15)28-29(21)17-5-3-16(4-6-17)27-22-18-9-11-24-13-20(18)25-14-26-22/h1-2,7-14,16-17H,3-6H2,(H,25,26,27). The van der Waals surface area contributed by atoms with E-state index in [-0.39, 0.29) is 11.6 Å². The Morgan fingerprint density at radius 1 is 0.933 bits per heavy atom. The third-order valence-corrected chi connectivity index (χ3v) is 5.60. The zero-order valence-corrected chi connectivity index (χ0v) is 16.3. The Balaban J connectivity index is 1.31. The average molecular weight is 399 g/mol. The molecular weight excluding hydrogens is 378 g/mol. The minimum Gasteiger partial charge on any atom is -0.367 e. The highest BCUT2D eigenvalue weighted by Gasteiger charge is 2.24. The first-order valence-corrected chi connectivity index (χ1v) is 10.1. The normalized spacial score (nSPS) is 18.9. The highest BCUT2D eigenvalue weighted by molar-refractivity contribution is 5.88. The van der Waals surface area contributed by atoms with Gasteiger partial charge in [-0.15, -0.1) is 0 Å². The molecule has 0 unspecified atom stereocenters. The van der Waals surface area contributed by atoms with Crippen molar-refractivity contribution in [3.05, 3.63) is 71.8 Å². The van der Waals surface area contributed by atoms with Crippen molar-refractivity contribution in [1.82, 2.24) is 29.7 Å². The SMILES string of the molecule is O=c1ccc(-c2cccnc2)nn1C1CCC(Nc2ncnc3cnccc23)CC1. The molecule has 1 fully saturated rings. The Morgan fingerprint density at radius 2 is 1.80 bits per heavy atom. The molecule has 5 rings (SSSR count). The van der Waals surface area contributed by atoms with Crippen LogP contribution in [0.5, 0.6) is 0 Å². The second-order valence-corrected chi connectivity index (χ2v) is 7.51. The number of pyridine rings is 2. The van der Waals surface area contributed by atoms with Crippen LogP contribution in [0.2, 0.25) is 0 Å². The quantitative estimate of drug-likeness (QED) is 0.562. The molecule has 4 aromatic heterocycles. The van der Waals surface area contributed by atoms with Crippen molar-refractivity contribution in [2.24, 2.45) is 0 Å². The first-order valence-electron chi connectivity index (χ1n) is 10.1. The summed E-state index contributed by atoms with van der Waals surface area (Å²) in [5, 5.41) is 9.15. The van der Waals surface area contributed by atoms with Gasteiger partial charge < -0.3 is 5.32 Å². The second-order valence-electron chi connectivity index (χ2n) is 7.51. The summed E-state index contributed by atoms with van der Waals surface area (Å²) in [5.74, 6) is 0.833. The lowest BCUT2D eigenvalue weighted by Crippen LogP contribution is -2.33. The highest BCUT2D eigenvalue weighted by atomic mass is 16.1. The van der Waals surface area contributed by atoms with Gasteiger partial charge in [0.25, 0.3) is 5.56 Å². The van der Waals surface area contributed by atoms with E-state index in [4.69, 9.17) is 0 Å². The maximum atomic E-state index is 12.5. The largest absolute Gasteiger partial charge is 0.367 e. The lowest BCUT2D eigenvalue weighted by molar-refractivity contribution is 0.304. The summed E-state index contributed by atoms with van der Waals surface area (Å²) in [6, 6.07) is 9.50. The number of fused-ring (bicyclic) bond motifs is 1. The van der Waals surface area contributed by atoms with Gasteiger partial charge in [0.2, 0.25) is 0 Å². The zero-order valence-electron chi connectivity index (χ0n) is 16.3. The fourth-order valence-corrected chi connectivity index (χ4v) is 4.04. The zero-order chi connectivity index (χ0) is 20.3. The third kappa shape index (κ3) is 3.63. The molecule has 0 aliphatic heterocycles. The van der Waals surface area contributed by atoms with Crippen LogP contribution in [0, 0.1) is 0 Å². The number of nitrogens with zero attached hydrogens (tertiary/aromatic N) is 6. The van der Waals surface area contributed by atoms with E-state index < -0.39 is 0 Å². The lowest BCUT2D eigenvalue weighted by Gasteiger charge is -2.30. The molecule has 0 atom stereocenters. The van der Waals surface area contributed by atoms with Crippen LogP contribution in [0.3, 0.4) is 0 Å². The van der Waals surface area contributed by atoms with Gasteiger partial charge in [-0.2, -0.15) is 5.10 Å². The van der Waals surface area contributed by atoms with Crippen molar-refractivity contribution in [3.8, 4) is 11.3 Å². The lowest BCUT2D eigenvalue weighted by atomic mass is 9.91. The van der Waals surface area contributed by atoms with E-state index in [1.165, 1.54) is 0 Å². The molecule has 1 N–H and O–H groups in total. The summed E-state index contributed by atoms with van der Waals surface area (Å²) in [4.78, 5) is 29.4. The average Bonchev–Trinajstić information content (AvgIpc) is 2.81. The van der Waals surface area contributed by atoms with Crippen LogP contribution < -0.4 is 10.9 Å². The minimum atomic E-state index is -0.0617. The van der Waals surface area contributed by atoms with Gasteiger partial charge in [0.1, 0.15) is 12.1 Å². The van der Waals surface area contributed by atoms with Gasteiger partial charge in [0, 0.05) is 41.6 Å². The number of rotatable bonds is 4. The first-order chi connectivity index (χ1) is 14.8. The summed E-state index contributed by atoms with van der Waals surface area (Å²) in [7, 11) is 0. The van der Waals surface area contributed by atoms with Crippen LogP contribution in [0.15, 0.2) is 66.2 Å². The summed E-state index contributed by atoms with van der Waals surface area (Å²) in [5.41, 5.74) is 2.44. The summed E-state index contributed by atoms with van der Waals surface area (Å²) < 4.78 is 1.64. The Labute approximate surface area is 173 Å². The molecular formula is C22H21N7O. The second kappa shape index (κ2) is 7.98. The van der Waals surface area contributed by atoms with E-state index in [0.29, 0.717) is 6.04 Å². The molecule has 4 aromatic rings. The first kappa shape index (κ1) is 18.4. The van der Waals surface area contributed by atoms with Gasteiger partial charge in [-0.05, 0) is 49.9 Å². The van der Waals surface area contributed by atoms with E-state index in [2.05, 4.69) is 30.4 Å². The van der Waals surface area contributed by atoms with Crippen molar-refractivity contribution in [2.45, 2.75) is 37.8 Å². The number of anilines is 1. The summed E-state index contributed by atoms with van der Waals surface area (Å²) in [6.45, 7) is 0. The molecule has 4 heterocycles. The van der Waals surface area contributed by atoms with Crippen LogP contribution in [0.1, 0.15) is 31.7 Å². The highest BCUT2D eigenvalue weighted by Crippen LogP contribution is 2.30. The number of aromatic nitrogens is 6. The molecule has 0 radical (unpaired) electrons. The predicted molar refractivity (Wildman–Crippen MR) is 114 cm³/mol. The summed E-state index contributed by atoms with van der Waals surface area (Å²) >= 11 is 0. The number of hydrogen-bond donors (Lipinski definition) is 1. The van der Waals surface area contributed by atoms with Crippen LogP contribution in [0.25, 0.3) is 22.2 Å². The predicted octanol–water partition coefficient (Wildman–Crippen LogP) is 3.24. The van der Waals surface area contributed by atoms with Crippen LogP contribution in [-0.2, 0) is 0 Å². The van der Waals surface area contributed by atoms with Gasteiger partial charge in [0.05, 0.1) is 23.4 Å². The van der Waals surface area contributed by atoms with Gasteiger partial charge >= 0.3 is 0 Å². The van der Waals surface area contributed by atoms with E-state index in [1.807, 2.05) is 18.2 Å². The van der Waals surface area contributed by atoms with Gasteiger partial charge in [-0.25, -0.2) is 14.6 Å². The molecule has 0 amide bonds. The van der Waals surface area contributed by atoms with Gasteiger partial charge in [0.15, 0.2) is 0 Å². The van der Waals surface area contributed by atoms with Crippen molar-refractivity contribution in [3.63, 3.8) is 0 Å². The topological polar surface area (TPSA) is 98.5 Å². The van der Waals surface area contributed by atoms with Crippen molar-refractivity contribution in [1.29, 1.82) is 0 Å². The molecule has 30 heavy (non-hydrogen) atoms. The maximum Gasteiger partial charge on any atom is 0.267 e. The molecule has 1 aliphatic rings. The van der Waals surface area contributed by atoms with E-state index in [1.54, 1.807) is 47.9 Å². The van der Waals surface area contributed by atoms with Crippen LogP contribution in [-0.4, -0.2) is 35.8 Å². The monoisotopic (exact) mass is 399 g/mol. The van der Waals surface area contributed by atoms with E-state index in [0.717, 1.165) is 53.7 Å². The van der Waals surface area contributed by atoms with Gasteiger partial charge in [-0.3, -0.25) is 14.8 Å². The molecule has 1 saturated carbocycles. The minimum absolute atomic E-state index is 0.0617. The summed E-state index contributed by atoms with van der Waals surface area (Å²) in [6.07, 6.45) is 12.2. The number of hydrogen-bond acceptors (Lipinski definition) is 7. The molecule has 0 bridgehead atoms. The molecule has 8 heteroatoms. The smallest absolute Gasteiger partial charge is 0.267 e. The van der Waals surface area contributed by atoms with Crippen molar-refractivity contribution >= 4 is 16.7 Å². The molecule has 0 spiro atoms. The fraction of sp³-hybridized carbons (Fsp3) is 0.273. The molecule has 0 aromatic carbocycles. The van der Waals surface area contributed by atoms with Crippen LogP contribution >= 0.6 is 0 Å². The fourth-order valence-electron chi connectivity index (χ4n) is 4.04. The molecule has 150 valence electrons. The molecule has 0 saturated heterocycles. The van der Waals surface area contributed by atoms with Crippen LogP contribution in [0.4, 0.5) is 5.82 Å². The maximum absolute atomic E-state index is 12.5. The van der Waals surface area contributed by atoms with Crippen molar-refractivity contribution < 1.29 is 0 Å². The Bertz CT molecular complexity index is 1210. The Morgan fingerprint density at radius 3 is 2.63 bits per heavy atom.